The standard InChI is InChI=1S/C20H14BrClN2O3/c1-12-4-2-3-5-15(12)20(25)16-8-7-14(11-17(16)22)23-18-9-6-13(21)10-19(18)24(26)27/h2-11,23H,1H3. The second-order valence-electron chi connectivity index (χ2n) is 5.88. The van der Waals surface area contributed by atoms with Gasteiger partial charge in [0.15, 0.2) is 5.78 Å². The van der Waals surface area contributed by atoms with E-state index >= 15 is 0 Å². The normalized spacial score (nSPS) is 10.5. The summed E-state index contributed by atoms with van der Waals surface area (Å²) in [6.07, 6.45) is 0. The first kappa shape index (κ1) is 19.1. The van der Waals surface area contributed by atoms with E-state index in [0.717, 1.165) is 5.56 Å². The summed E-state index contributed by atoms with van der Waals surface area (Å²) in [4.78, 5) is 23.5. The molecule has 1 N–H and O–H groups in total. The van der Waals surface area contributed by atoms with Crippen molar-refractivity contribution in [2.24, 2.45) is 0 Å². The zero-order valence-corrected chi connectivity index (χ0v) is 16.5. The summed E-state index contributed by atoms with van der Waals surface area (Å²) in [6.45, 7) is 1.86. The lowest BCUT2D eigenvalue weighted by molar-refractivity contribution is -0.384. The minimum absolute atomic E-state index is 0.0689. The Labute approximate surface area is 169 Å². The Balaban J connectivity index is 1.91. The number of nitro benzene ring substituents is 1. The quantitative estimate of drug-likeness (QED) is 0.284. The summed E-state index contributed by atoms with van der Waals surface area (Å²) < 4.78 is 0.608. The molecule has 5 nitrogen and oxygen atoms in total. The number of ketones is 1. The van der Waals surface area contributed by atoms with Crippen LogP contribution < -0.4 is 5.32 Å². The van der Waals surface area contributed by atoms with Gasteiger partial charge in [0.1, 0.15) is 5.69 Å². The maximum atomic E-state index is 12.7. The lowest BCUT2D eigenvalue weighted by Crippen LogP contribution is -2.05. The summed E-state index contributed by atoms with van der Waals surface area (Å²) in [5, 5.41) is 14.5. The summed E-state index contributed by atoms with van der Waals surface area (Å²) in [7, 11) is 0. The molecule has 0 bridgehead atoms. The van der Waals surface area contributed by atoms with Gasteiger partial charge in [0.2, 0.25) is 0 Å². The molecule has 0 heterocycles. The molecule has 136 valence electrons. The molecule has 0 radical (unpaired) electrons. The lowest BCUT2D eigenvalue weighted by atomic mass is 9.99. The Morgan fingerprint density at radius 3 is 2.48 bits per heavy atom. The third-order valence-electron chi connectivity index (χ3n) is 4.04. The highest BCUT2D eigenvalue weighted by Crippen LogP contribution is 2.32. The predicted molar refractivity (Wildman–Crippen MR) is 110 cm³/mol. The lowest BCUT2D eigenvalue weighted by Gasteiger charge is -2.11. The molecule has 0 unspecified atom stereocenters. The van der Waals surface area contributed by atoms with Gasteiger partial charge in [-0.05, 0) is 42.8 Å². The number of hydrogen-bond donors (Lipinski definition) is 1. The van der Waals surface area contributed by atoms with Gasteiger partial charge in [0.05, 0.1) is 9.95 Å². The molecule has 0 aliphatic rings. The number of halogens is 2. The Bertz CT molecular complexity index is 1050. The molecule has 0 aliphatic heterocycles. The van der Waals surface area contributed by atoms with Crippen LogP contribution in [0.3, 0.4) is 0 Å². The molecule has 0 atom stereocenters. The van der Waals surface area contributed by atoms with Gasteiger partial charge in [-0.2, -0.15) is 0 Å². The predicted octanol–water partition coefficient (Wildman–Crippen LogP) is 6.29. The maximum absolute atomic E-state index is 12.7. The monoisotopic (exact) mass is 444 g/mol. The smallest absolute Gasteiger partial charge is 0.293 e. The maximum Gasteiger partial charge on any atom is 0.293 e. The molecule has 3 aromatic rings. The minimum atomic E-state index is -0.467. The zero-order chi connectivity index (χ0) is 19.6. The molecular weight excluding hydrogens is 432 g/mol. The molecule has 0 spiro atoms. The van der Waals surface area contributed by atoms with Crippen molar-refractivity contribution in [3.05, 3.63) is 97.0 Å². The van der Waals surface area contributed by atoms with E-state index in [0.29, 0.717) is 27.0 Å². The largest absolute Gasteiger partial charge is 0.350 e. The number of nitro groups is 1. The van der Waals surface area contributed by atoms with E-state index in [1.165, 1.54) is 6.07 Å². The highest BCUT2D eigenvalue weighted by Gasteiger charge is 2.17. The molecule has 3 rings (SSSR count). The molecule has 7 heteroatoms. The van der Waals surface area contributed by atoms with Gasteiger partial charge < -0.3 is 5.32 Å². The van der Waals surface area contributed by atoms with E-state index in [2.05, 4.69) is 21.2 Å². The molecule has 0 amide bonds. The fourth-order valence-electron chi connectivity index (χ4n) is 2.67. The highest BCUT2D eigenvalue weighted by molar-refractivity contribution is 9.10. The van der Waals surface area contributed by atoms with E-state index in [4.69, 9.17) is 11.6 Å². The Kier molecular flexibility index (Phi) is 5.58. The first-order valence-electron chi connectivity index (χ1n) is 7.97. The number of nitrogens with one attached hydrogen (secondary N) is 1. The van der Waals surface area contributed by atoms with E-state index in [1.54, 1.807) is 42.5 Å². The first-order chi connectivity index (χ1) is 12.9. The van der Waals surface area contributed by atoms with Crippen molar-refractivity contribution in [3.63, 3.8) is 0 Å². The van der Waals surface area contributed by atoms with Crippen LogP contribution in [0.2, 0.25) is 5.02 Å². The van der Waals surface area contributed by atoms with Crippen LogP contribution in [0.1, 0.15) is 21.5 Å². The van der Waals surface area contributed by atoms with Crippen molar-refractivity contribution >= 4 is 50.4 Å². The number of hydrogen-bond acceptors (Lipinski definition) is 4. The molecule has 3 aromatic carbocycles. The molecular formula is C20H14BrClN2O3. The van der Waals surface area contributed by atoms with Crippen LogP contribution in [-0.2, 0) is 0 Å². The van der Waals surface area contributed by atoms with Gasteiger partial charge in [-0.1, -0.05) is 51.8 Å². The Morgan fingerprint density at radius 1 is 1.07 bits per heavy atom. The average molecular weight is 446 g/mol. The number of aryl methyl sites for hydroxylation is 1. The number of nitrogens with zero attached hydrogens (tertiary/aromatic N) is 1. The van der Waals surface area contributed by atoms with Crippen molar-refractivity contribution in [1.82, 2.24) is 0 Å². The van der Waals surface area contributed by atoms with E-state index in [9.17, 15) is 14.9 Å². The Hall–Kier alpha value is -2.70. The zero-order valence-electron chi connectivity index (χ0n) is 14.2. The van der Waals surface area contributed by atoms with Crippen molar-refractivity contribution in [1.29, 1.82) is 0 Å². The van der Waals surface area contributed by atoms with Gasteiger partial charge in [0, 0.05) is 27.4 Å². The molecule has 0 aromatic heterocycles. The summed E-state index contributed by atoms with van der Waals surface area (Å²) in [5.74, 6) is -0.167. The number of rotatable bonds is 5. The van der Waals surface area contributed by atoms with E-state index in [1.807, 2.05) is 19.1 Å². The van der Waals surface area contributed by atoms with Crippen LogP contribution in [0.4, 0.5) is 17.1 Å². The molecule has 0 fully saturated rings. The van der Waals surface area contributed by atoms with Crippen molar-refractivity contribution in [2.75, 3.05) is 5.32 Å². The summed E-state index contributed by atoms with van der Waals surface area (Å²) >= 11 is 9.54. The number of benzene rings is 3. The van der Waals surface area contributed by atoms with Crippen molar-refractivity contribution < 1.29 is 9.72 Å². The van der Waals surface area contributed by atoms with Crippen LogP contribution in [0.25, 0.3) is 0 Å². The Morgan fingerprint density at radius 2 is 1.81 bits per heavy atom. The number of carbonyl (C=O) groups is 1. The topological polar surface area (TPSA) is 72.2 Å². The van der Waals surface area contributed by atoms with Gasteiger partial charge >= 0.3 is 0 Å². The number of anilines is 2. The third kappa shape index (κ3) is 4.18. The van der Waals surface area contributed by atoms with E-state index < -0.39 is 4.92 Å². The van der Waals surface area contributed by atoms with E-state index in [-0.39, 0.29) is 16.5 Å². The van der Waals surface area contributed by atoms with Crippen molar-refractivity contribution in [3.8, 4) is 0 Å². The molecule has 27 heavy (non-hydrogen) atoms. The van der Waals surface area contributed by atoms with Crippen LogP contribution in [0.5, 0.6) is 0 Å². The summed E-state index contributed by atoms with van der Waals surface area (Å²) in [5.41, 5.74) is 2.64. The number of carbonyl (C=O) groups excluding carboxylic acids is 1. The van der Waals surface area contributed by atoms with Gasteiger partial charge in [-0.15, -0.1) is 0 Å². The van der Waals surface area contributed by atoms with Crippen LogP contribution >= 0.6 is 27.5 Å². The van der Waals surface area contributed by atoms with Gasteiger partial charge in [-0.25, -0.2) is 0 Å². The summed E-state index contributed by atoms with van der Waals surface area (Å²) in [6, 6.07) is 16.9. The van der Waals surface area contributed by atoms with Crippen LogP contribution in [0, 0.1) is 17.0 Å². The fourth-order valence-corrected chi connectivity index (χ4v) is 3.28. The molecule has 0 saturated carbocycles. The highest BCUT2D eigenvalue weighted by atomic mass is 79.9. The second-order valence-corrected chi connectivity index (χ2v) is 7.21. The SMILES string of the molecule is Cc1ccccc1C(=O)c1ccc(Nc2ccc(Br)cc2[N+](=O)[O-])cc1Cl. The van der Waals surface area contributed by atoms with Crippen LogP contribution in [-0.4, -0.2) is 10.7 Å². The molecule has 0 saturated heterocycles. The van der Waals surface area contributed by atoms with Crippen LogP contribution in [0.15, 0.2) is 65.1 Å². The second kappa shape index (κ2) is 7.90. The van der Waals surface area contributed by atoms with Gasteiger partial charge in [-0.3, -0.25) is 14.9 Å². The first-order valence-corrected chi connectivity index (χ1v) is 9.15. The van der Waals surface area contributed by atoms with Crippen molar-refractivity contribution in [2.45, 2.75) is 6.92 Å². The van der Waals surface area contributed by atoms with Gasteiger partial charge in [0.25, 0.3) is 5.69 Å². The minimum Gasteiger partial charge on any atom is -0.350 e. The fraction of sp³-hybridized carbons (Fsp3) is 0.0500. The third-order valence-corrected chi connectivity index (χ3v) is 4.84. The molecule has 0 aliphatic carbocycles. The average Bonchev–Trinajstić information content (AvgIpc) is 2.63.